The number of hydrogen-bond donors (Lipinski definition) is 2. The number of nitrogens with one attached hydrogen (secondary N) is 1. The average molecular weight is 579 g/mol. The van der Waals surface area contributed by atoms with Crippen LogP contribution in [0, 0.1) is 17.2 Å². The molecule has 0 saturated carbocycles. The molecular weight excluding hydrogens is 529 g/mol. The van der Waals surface area contributed by atoms with Crippen LogP contribution in [0.2, 0.25) is 10.0 Å². The minimum atomic E-state index is 0.274. The Morgan fingerprint density at radius 3 is 2.56 bits per heavy atom. The van der Waals surface area contributed by atoms with Crippen LogP contribution in [0.15, 0.2) is 23.2 Å². The first-order valence-electron chi connectivity index (χ1n) is 14.9. The fraction of sp³-hybridized carbons (Fsp3) is 0.733. The highest BCUT2D eigenvalue weighted by Crippen LogP contribution is 2.29. The summed E-state index contributed by atoms with van der Waals surface area (Å²) in [6, 6.07) is 7.41. The smallest absolute Gasteiger partial charge is 0.194 e. The first-order chi connectivity index (χ1) is 18.6. The Morgan fingerprint density at radius 1 is 1.10 bits per heavy atom. The number of nitrogens with zero attached hydrogens (tertiary/aromatic N) is 5. The Morgan fingerprint density at radius 2 is 1.87 bits per heavy atom. The number of guanidine groups is 2. The van der Waals surface area contributed by atoms with Crippen molar-refractivity contribution in [1.82, 2.24) is 19.6 Å². The van der Waals surface area contributed by atoms with Gasteiger partial charge in [0.05, 0.1) is 28.7 Å². The molecule has 9 heteroatoms. The predicted molar refractivity (Wildman–Crippen MR) is 165 cm³/mol. The Labute approximate surface area is 246 Å². The molecule has 5 atom stereocenters. The van der Waals surface area contributed by atoms with E-state index in [2.05, 4.69) is 59.2 Å². The number of nitrogens with two attached hydrogens (primary N) is 1. The fourth-order valence-electron chi connectivity index (χ4n) is 6.64. The van der Waals surface area contributed by atoms with E-state index in [4.69, 9.17) is 28.9 Å². The molecule has 2 saturated heterocycles. The highest BCUT2D eigenvalue weighted by molar-refractivity contribution is 6.42. The number of aliphatic imine (C=N–C) groups is 1. The van der Waals surface area contributed by atoms with Crippen LogP contribution in [0.5, 0.6) is 0 Å². The molecule has 0 radical (unpaired) electrons. The molecule has 4 rings (SSSR count). The first kappa shape index (κ1) is 30.3. The van der Waals surface area contributed by atoms with Crippen LogP contribution in [-0.4, -0.2) is 95.0 Å². The number of likely N-dealkylation sites (tertiary alicyclic amines) is 1. The minimum Gasteiger partial charge on any atom is -0.370 e. The molecule has 0 amide bonds. The summed E-state index contributed by atoms with van der Waals surface area (Å²) in [5.41, 5.74) is 7.51. The highest BCUT2D eigenvalue weighted by atomic mass is 35.5. The van der Waals surface area contributed by atoms with Gasteiger partial charge in [0, 0.05) is 38.3 Å². The van der Waals surface area contributed by atoms with Crippen LogP contribution in [-0.2, 0) is 6.42 Å². The van der Waals surface area contributed by atoms with Crippen LogP contribution in [0.3, 0.4) is 0 Å². The lowest BCUT2D eigenvalue weighted by molar-refractivity contribution is 0.158. The van der Waals surface area contributed by atoms with Crippen molar-refractivity contribution >= 4 is 35.1 Å². The summed E-state index contributed by atoms with van der Waals surface area (Å²) in [5.74, 6) is 2.54. The van der Waals surface area contributed by atoms with Crippen molar-refractivity contribution in [2.24, 2.45) is 22.6 Å². The van der Waals surface area contributed by atoms with E-state index in [1.165, 1.54) is 12.8 Å². The van der Waals surface area contributed by atoms with Gasteiger partial charge in [-0.1, -0.05) is 63.4 Å². The van der Waals surface area contributed by atoms with Crippen molar-refractivity contribution in [1.29, 1.82) is 5.41 Å². The van der Waals surface area contributed by atoms with Gasteiger partial charge < -0.3 is 20.4 Å². The standard InChI is InChI=1S/C30H49Cl2N7/c1-6-21(4)28-19-38(30(34)37(28)13-11-23-9-10-26(31)27(32)15-23)22(5)17-36-12-7-8-24(36)18-39-25(14-20(2)3)16-35-29(39)33/h9-10,15,20-22,24-25,28,34H,6-8,11-14,16-19H2,1-5H3,(H2,33,35)/t21-,22+,24+,25-,28+/m1/s1. The second-order valence-electron chi connectivity index (χ2n) is 12.4. The van der Waals surface area contributed by atoms with Gasteiger partial charge in [-0.2, -0.15) is 0 Å². The summed E-state index contributed by atoms with van der Waals surface area (Å²) >= 11 is 12.4. The molecule has 0 spiro atoms. The quantitative estimate of drug-likeness (QED) is 0.348. The van der Waals surface area contributed by atoms with E-state index in [9.17, 15) is 5.41 Å². The van der Waals surface area contributed by atoms with Gasteiger partial charge in [0.15, 0.2) is 11.9 Å². The second kappa shape index (κ2) is 13.3. The molecule has 1 aromatic rings. The van der Waals surface area contributed by atoms with E-state index in [1.807, 2.05) is 18.2 Å². The average Bonchev–Trinajstić information content (AvgIpc) is 3.57. The second-order valence-corrected chi connectivity index (χ2v) is 13.2. The molecule has 0 unspecified atom stereocenters. The molecule has 1 aromatic carbocycles. The van der Waals surface area contributed by atoms with Crippen molar-refractivity contribution in [2.75, 3.05) is 39.3 Å². The maximum absolute atomic E-state index is 9.20. The largest absolute Gasteiger partial charge is 0.370 e. The van der Waals surface area contributed by atoms with Crippen LogP contribution < -0.4 is 5.73 Å². The topological polar surface area (TPSA) is 75.2 Å². The van der Waals surface area contributed by atoms with Gasteiger partial charge in [0.1, 0.15) is 0 Å². The molecule has 3 heterocycles. The summed E-state index contributed by atoms with van der Waals surface area (Å²) in [6.07, 6.45) is 5.51. The number of rotatable bonds is 12. The molecular formula is C30H49Cl2N7. The fourth-order valence-corrected chi connectivity index (χ4v) is 6.96. The normalized spacial score (nSPS) is 25.7. The zero-order chi connectivity index (χ0) is 28.3. The SMILES string of the molecule is CC[C@@H](C)[C@@H]1CN([C@@H](C)CN2CCC[C@H]2CN2C(N)=NC[C@H]2CC(C)C)C(=N)N1CCc1ccc(Cl)c(Cl)c1. The number of hydrogen-bond acceptors (Lipinski definition) is 5. The molecule has 218 valence electrons. The third-order valence-corrected chi connectivity index (χ3v) is 9.87. The lowest BCUT2D eigenvalue weighted by Crippen LogP contribution is -2.51. The van der Waals surface area contributed by atoms with Crippen molar-refractivity contribution in [3.63, 3.8) is 0 Å². The Bertz CT molecular complexity index is 1020. The zero-order valence-electron chi connectivity index (χ0n) is 24.5. The minimum absolute atomic E-state index is 0.274. The van der Waals surface area contributed by atoms with Gasteiger partial charge in [-0.05, 0) is 68.7 Å². The Kier molecular flexibility index (Phi) is 10.3. The third-order valence-electron chi connectivity index (χ3n) is 9.13. The maximum atomic E-state index is 9.20. The molecule has 7 nitrogen and oxygen atoms in total. The molecule has 0 aromatic heterocycles. The van der Waals surface area contributed by atoms with Crippen molar-refractivity contribution in [2.45, 2.75) is 90.9 Å². The Balaban J connectivity index is 1.39. The maximum Gasteiger partial charge on any atom is 0.194 e. The lowest BCUT2D eigenvalue weighted by atomic mass is 9.98. The summed E-state index contributed by atoms with van der Waals surface area (Å²) < 4.78 is 0. The number of halogens is 2. The molecule has 3 aliphatic heterocycles. The zero-order valence-corrected chi connectivity index (χ0v) is 26.1. The van der Waals surface area contributed by atoms with Gasteiger partial charge in [-0.25, -0.2) is 0 Å². The summed E-state index contributed by atoms with van der Waals surface area (Å²) in [6.45, 7) is 17.0. The summed E-state index contributed by atoms with van der Waals surface area (Å²) in [5, 5.41) is 10.4. The Hall–Kier alpha value is -1.70. The van der Waals surface area contributed by atoms with Gasteiger partial charge in [0.25, 0.3) is 0 Å². The van der Waals surface area contributed by atoms with E-state index in [-0.39, 0.29) is 6.04 Å². The predicted octanol–water partition coefficient (Wildman–Crippen LogP) is 5.40. The molecule has 39 heavy (non-hydrogen) atoms. The molecule has 3 N–H and O–H groups in total. The highest BCUT2D eigenvalue weighted by Gasteiger charge is 2.40. The first-order valence-corrected chi connectivity index (χ1v) is 15.7. The van der Waals surface area contributed by atoms with Gasteiger partial charge >= 0.3 is 0 Å². The number of benzene rings is 1. The molecule has 0 bridgehead atoms. The summed E-state index contributed by atoms with van der Waals surface area (Å²) in [4.78, 5) is 14.3. The van der Waals surface area contributed by atoms with E-state index < -0.39 is 0 Å². The van der Waals surface area contributed by atoms with Crippen LogP contribution in [0.25, 0.3) is 0 Å². The van der Waals surface area contributed by atoms with E-state index >= 15 is 0 Å². The van der Waals surface area contributed by atoms with Gasteiger partial charge in [-0.15, -0.1) is 0 Å². The van der Waals surface area contributed by atoms with E-state index in [1.54, 1.807) is 0 Å². The lowest BCUT2D eigenvalue weighted by Gasteiger charge is -2.36. The van der Waals surface area contributed by atoms with Gasteiger partial charge in [-0.3, -0.25) is 15.3 Å². The van der Waals surface area contributed by atoms with Crippen molar-refractivity contribution in [3.8, 4) is 0 Å². The monoisotopic (exact) mass is 577 g/mol. The van der Waals surface area contributed by atoms with Gasteiger partial charge in [0.2, 0.25) is 0 Å². The third kappa shape index (κ3) is 7.15. The summed E-state index contributed by atoms with van der Waals surface area (Å²) in [7, 11) is 0. The van der Waals surface area contributed by atoms with Crippen molar-refractivity contribution < 1.29 is 0 Å². The van der Waals surface area contributed by atoms with Crippen molar-refractivity contribution in [3.05, 3.63) is 33.8 Å². The van der Waals surface area contributed by atoms with Crippen LogP contribution in [0.4, 0.5) is 0 Å². The van der Waals surface area contributed by atoms with E-state index in [0.29, 0.717) is 46.0 Å². The van der Waals surface area contributed by atoms with Crippen LogP contribution in [0.1, 0.15) is 65.9 Å². The molecule has 0 aliphatic carbocycles. The van der Waals surface area contributed by atoms with E-state index in [0.717, 1.165) is 70.1 Å². The van der Waals surface area contributed by atoms with Crippen LogP contribution >= 0.6 is 23.2 Å². The molecule has 3 aliphatic rings. The molecule has 2 fully saturated rings.